The van der Waals surface area contributed by atoms with Crippen molar-refractivity contribution in [3.8, 4) is 0 Å². The molecule has 0 bridgehead atoms. The van der Waals surface area contributed by atoms with Crippen LogP contribution in [0.4, 0.5) is 4.39 Å². The van der Waals surface area contributed by atoms with E-state index in [1.54, 1.807) is 6.07 Å². The number of benzene rings is 2. The minimum Gasteiger partial charge on any atom is -0.271 e. The third kappa shape index (κ3) is 2.89. The van der Waals surface area contributed by atoms with Crippen LogP contribution in [-0.4, -0.2) is 0 Å². The first-order chi connectivity index (χ1) is 10.2. The molecule has 2 aromatic carbocycles. The number of halogens is 2. The van der Waals surface area contributed by atoms with Gasteiger partial charge >= 0.3 is 0 Å². The lowest BCUT2D eigenvalue weighted by Crippen LogP contribution is -2.29. The molecule has 0 radical (unpaired) electrons. The highest BCUT2D eigenvalue weighted by atomic mass is 79.9. The predicted octanol–water partition coefficient (Wildman–Crippen LogP) is 4.41. The van der Waals surface area contributed by atoms with Gasteiger partial charge in [-0.2, -0.15) is 0 Å². The Morgan fingerprint density at radius 1 is 1.14 bits per heavy atom. The summed E-state index contributed by atoms with van der Waals surface area (Å²) in [4.78, 5) is 0. The maximum Gasteiger partial charge on any atom is 0.129 e. The van der Waals surface area contributed by atoms with Gasteiger partial charge in [0.15, 0.2) is 0 Å². The molecule has 1 aliphatic rings. The van der Waals surface area contributed by atoms with Crippen LogP contribution in [0.2, 0.25) is 0 Å². The summed E-state index contributed by atoms with van der Waals surface area (Å²) in [5.74, 6) is 6.10. The van der Waals surface area contributed by atoms with Crippen LogP contribution in [0.5, 0.6) is 0 Å². The first kappa shape index (κ1) is 14.7. The molecular formula is C17H18BrFN2. The quantitative estimate of drug-likeness (QED) is 0.634. The van der Waals surface area contributed by atoms with Gasteiger partial charge in [-0.1, -0.05) is 52.7 Å². The fraction of sp³-hybridized carbons (Fsp3) is 0.294. The van der Waals surface area contributed by atoms with Crippen molar-refractivity contribution >= 4 is 15.9 Å². The van der Waals surface area contributed by atoms with Gasteiger partial charge in [-0.05, 0) is 42.0 Å². The molecule has 0 amide bonds. The minimum absolute atomic E-state index is 0.268. The molecule has 3 rings (SSSR count). The van der Waals surface area contributed by atoms with Crippen LogP contribution in [0.25, 0.3) is 0 Å². The molecule has 1 fully saturated rings. The van der Waals surface area contributed by atoms with E-state index in [2.05, 4.69) is 33.5 Å². The number of hydrazine groups is 1. The van der Waals surface area contributed by atoms with E-state index in [4.69, 9.17) is 5.84 Å². The lowest BCUT2D eigenvalue weighted by molar-refractivity contribution is 0.419. The summed E-state index contributed by atoms with van der Waals surface area (Å²) in [5, 5.41) is 0. The lowest BCUT2D eigenvalue weighted by Gasteiger charge is -2.26. The van der Waals surface area contributed by atoms with Gasteiger partial charge in [0.25, 0.3) is 0 Å². The largest absolute Gasteiger partial charge is 0.271 e. The fourth-order valence-corrected chi connectivity index (χ4v) is 3.41. The van der Waals surface area contributed by atoms with Crippen molar-refractivity contribution in [2.24, 2.45) is 5.84 Å². The Balaban J connectivity index is 1.92. The van der Waals surface area contributed by atoms with E-state index >= 15 is 0 Å². The molecule has 2 nitrogen and oxygen atoms in total. The molecule has 1 unspecified atom stereocenters. The summed E-state index contributed by atoms with van der Waals surface area (Å²) < 4.78 is 14.8. The molecule has 0 spiro atoms. The molecule has 2 aromatic rings. The van der Waals surface area contributed by atoms with Crippen molar-refractivity contribution in [3.63, 3.8) is 0 Å². The van der Waals surface area contributed by atoms with Gasteiger partial charge in [0.2, 0.25) is 0 Å². The molecule has 1 saturated carbocycles. The van der Waals surface area contributed by atoms with Gasteiger partial charge in [0.1, 0.15) is 5.82 Å². The Kier molecular flexibility index (Phi) is 4.38. The van der Waals surface area contributed by atoms with Crippen LogP contribution in [0.3, 0.4) is 0 Å². The molecule has 4 heteroatoms. The van der Waals surface area contributed by atoms with Crippen LogP contribution in [0, 0.1) is 5.82 Å². The summed E-state index contributed by atoms with van der Waals surface area (Å²) >= 11 is 3.41. The second-order valence-electron chi connectivity index (χ2n) is 5.53. The first-order valence-corrected chi connectivity index (χ1v) is 8.00. The van der Waals surface area contributed by atoms with Gasteiger partial charge in [-0.25, -0.2) is 9.82 Å². The van der Waals surface area contributed by atoms with Crippen LogP contribution >= 0.6 is 15.9 Å². The number of nitrogens with two attached hydrogens (primary N) is 1. The molecule has 0 heterocycles. The Morgan fingerprint density at radius 2 is 1.86 bits per heavy atom. The second kappa shape index (κ2) is 6.26. The monoisotopic (exact) mass is 348 g/mol. The number of hydrogen-bond acceptors (Lipinski definition) is 2. The van der Waals surface area contributed by atoms with E-state index in [-0.39, 0.29) is 11.9 Å². The van der Waals surface area contributed by atoms with Crippen molar-refractivity contribution < 1.29 is 4.39 Å². The highest BCUT2D eigenvalue weighted by Gasteiger charge is 2.22. The Labute approximate surface area is 132 Å². The minimum atomic E-state index is -0.365. The zero-order chi connectivity index (χ0) is 14.8. The maximum atomic E-state index is 14.1. The average Bonchev–Trinajstić information content (AvgIpc) is 2.42. The molecule has 0 saturated heterocycles. The van der Waals surface area contributed by atoms with Gasteiger partial charge in [0.05, 0.1) is 6.04 Å². The Bertz CT molecular complexity index is 603. The standard InChI is InChI=1S/C17H18BrFN2/c18-14-5-2-6-15(19)16(14)17(21-20)13-9-7-12(8-10-13)11-3-1-4-11/h2,5-11,17,21H,1,3-4,20H2. The van der Waals surface area contributed by atoms with Crippen molar-refractivity contribution in [1.29, 1.82) is 0 Å². The second-order valence-corrected chi connectivity index (χ2v) is 6.38. The zero-order valence-electron chi connectivity index (χ0n) is 11.7. The normalized spacial score (nSPS) is 16.5. The highest BCUT2D eigenvalue weighted by Crippen LogP contribution is 2.37. The van der Waals surface area contributed by atoms with Crippen LogP contribution in [0.1, 0.15) is 47.9 Å². The van der Waals surface area contributed by atoms with E-state index < -0.39 is 0 Å². The molecule has 110 valence electrons. The Hall–Kier alpha value is -1.23. The van der Waals surface area contributed by atoms with E-state index in [0.717, 1.165) is 5.56 Å². The third-order valence-electron chi connectivity index (χ3n) is 4.30. The van der Waals surface area contributed by atoms with Crippen LogP contribution in [-0.2, 0) is 0 Å². The maximum absolute atomic E-state index is 14.1. The zero-order valence-corrected chi connectivity index (χ0v) is 13.2. The molecule has 0 aromatic heterocycles. The summed E-state index contributed by atoms with van der Waals surface area (Å²) in [6.07, 6.45) is 3.87. The lowest BCUT2D eigenvalue weighted by atomic mass is 9.79. The van der Waals surface area contributed by atoms with Gasteiger partial charge < -0.3 is 0 Å². The van der Waals surface area contributed by atoms with Crippen molar-refractivity contribution in [1.82, 2.24) is 5.43 Å². The number of nitrogens with one attached hydrogen (secondary N) is 1. The third-order valence-corrected chi connectivity index (χ3v) is 4.99. The first-order valence-electron chi connectivity index (χ1n) is 7.20. The van der Waals surface area contributed by atoms with E-state index in [0.29, 0.717) is 16.0 Å². The Morgan fingerprint density at radius 3 is 2.38 bits per heavy atom. The highest BCUT2D eigenvalue weighted by molar-refractivity contribution is 9.10. The molecule has 3 N–H and O–H groups in total. The van der Waals surface area contributed by atoms with Crippen molar-refractivity contribution in [2.45, 2.75) is 31.2 Å². The summed E-state index contributed by atoms with van der Waals surface area (Å²) in [6.45, 7) is 0. The SMILES string of the molecule is NNC(c1ccc(C2CCC2)cc1)c1c(F)cccc1Br. The van der Waals surface area contributed by atoms with E-state index in [1.807, 2.05) is 18.2 Å². The number of hydrogen-bond donors (Lipinski definition) is 2. The molecule has 21 heavy (non-hydrogen) atoms. The molecule has 1 atom stereocenters. The van der Waals surface area contributed by atoms with Gasteiger partial charge in [0, 0.05) is 10.0 Å². The smallest absolute Gasteiger partial charge is 0.129 e. The van der Waals surface area contributed by atoms with Gasteiger partial charge in [-0.3, -0.25) is 5.84 Å². The average molecular weight is 349 g/mol. The molecule has 1 aliphatic carbocycles. The molecule has 0 aliphatic heterocycles. The topological polar surface area (TPSA) is 38.0 Å². The van der Waals surface area contributed by atoms with Crippen LogP contribution in [0.15, 0.2) is 46.9 Å². The molecular weight excluding hydrogens is 331 g/mol. The summed E-state index contributed by atoms with van der Waals surface area (Å²) in [5.41, 5.74) is 5.59. The fourth-order valence-electron chi connectivity index (χ4n) is 2.83. The van der Waals surface area contributed by atoms with Crippen molar-refractivity contribution in [3.05, 3.63) is 69.4 Å². The predicted molar refractivity (Wildman–Crippen MR) is 86.3 cm³/mol. The van der Waals surface area contributed by atoms with Crippen molar-refractivity contribution in [2.75, 3.05) is 0 Å². The van der Waals surface area contributed by atoms with E-state index in [1.165, 1.54) is 30.9 Å². The van der Waals surface area contributed by atoms with Crippen LogP contribution < -0.4 is 11.3 Å². The summed E-state index contributed by atoms with van der Waals surface area (Å²) in [6, 6.07) is 12.9. The number of rotatable bonds is 4. The summed E-state index contributed by atoms with van der Waals surface area (Å²) in [7, 11) is 0. The van der Waals surface area contributed by atoms with Gasteiger partial charge in [-0.15, -0.1) is 0 Å². The van der Waals surface area contributed by atoms with E-state index in [9.17, 15) is 4.39 Å².